The van der Waals surface area contributed by atoms with Crippen LogP contribution in [-0.4, -0.2) is 162 Å². The first-order chi connectivity index (χ1) is 28.6. The average molecular weight is 870 g/mol. The van der Waals surface area contributed by atoms with Crippen molar-refractivity contribution < 1.29 is 58.2 Å². The van der Waals surface area contributed by atoms with E-state index < -0.39 is 128 Å². The molecule has 0 radical (unpaired) electrons. The molecule has 25 heteroatoms. The van der Waals surface area contributed by atoms with Gasteiger partial charge >= 0.3 is 5.97 Å². The minimum atomic E-state index is -1.55. The van der Waals surface area contributed by atoms with Gasteiger partial charge in [0.1, 0.15) is 36.3 Å². The van der Waals surface area contributed by atoms with Crippen LogP contribution in [-0.2, 0) is 47.9 Å². The van der Waals surface area contributed by atoms with Crippen molar-refractivity contribution in [2.75, 3.05) is 45.9 Å². The predicted octanol–water partition coefficient (Wildman–Crippen LogP) is -6.44. The van der Waals surface area contributed by atoms with E-state index in [1.807, 2.05) is 13.8 Å². The first kappa shape index (κ1) is 52.9. The van der Waals surface area contributed by atoms with Crippen LogP contribution in [0.3, 0.4) is 0 Å². The molecule has 0 aromatic rings. The van der Waals surface area contributed by atoms with Gasteiger partial charge in [0, 0.05) is 13.1 Å². The normalized spacial score (nSPS) is 15.8. The maximum atomic E-state index is 14.0. The molecule has 0 saturated carbocycles. The lowest BCUT2D eigenvalue weighted by molar-refractivity contribution is -0.143. The van der Waals surface area contributed by atoms with Crippen LogP contribution in [0.1, 0.15) is 66.7 Å². The third kappa shape index (κ3) is 19.7. The number of carboxylic acid groups (broad SMARTS) is 1. The number of aliphatic hydroxyl groups is 1. The largest absolute Gasteiger partial charge is 0.480 e. The van der Waals surface area contributed by atoms with Gasteiger partial charge in [0.2, 0.25) is 53.2 Å². The maximum absolute atomic E-state index is 14.0. The SMILES string of the molecule is CC(C)C[C@H](NC(=O)CNC(=O)CN)C(=O)N[C@H](C(=O)N1CCC[C@H]1C(=O)N[C@@H](CCCN=C(N)N)C(=O)NCC(=O)N[C@@H](CO)C(=O)NCC(=O)N[C@@H](C)C(=O)O)C(C)C. The molecular formula is C36H63N13O12. The van der Waals surface area contributed by atoms with Crippen molar-refractivity contribution in [3.05, 3.63) is 0 Å². The summed E-state index contributed by atoms with van der Waals surface area (Å²) in [6.07, 6.45) is 1.00. The van der Waals surface area contributed by atoms with E-state index in [1.54, 1.807) is 13.8 Å². The van der Waals surface area contributed by atoms with E-state index in [1.165, 1.54) is 11.8 Å². The number of aliphatic imine (C=N–C) groups is 1. The number of aliphatic carboxylic acids is 1. The summed E-state index contributed by atoms with van der Waals surface area (Å²) in [5, 5.41) is 37.6. The fourth-order valence-electron chi connectivity index (χ4n) is 5.86. The zero-order valence-electron chi connectivity index (χ0n) is 35.2. The summed E-state index contributed by atoms with van der Waals surface area (Å²) in [4.78, 5) is 132. The van der Waals surface area contributed by atoms with E-state index in [-0.39, 0.29) is 57.2 Å². The van der Waals surface area contributed by atoms with Crippen molar-refractivity contribution in [3.63, 3.8) is 0 Å². The first-order valence-electron chi connectivity index (χ1n) is 19.8. The Labute approximate surface area is 353 Å². The Morgan fingerprint density at radius 2 is 1.28 bits per heavy atom. The number of hydrogen-bond donors (Lipinski definition) is 13. The highest BCUT2D eigenvalue weighted by atomic mass is 16.4. The lowest BCUT2D eigenvalue weighted by atomic mass is 9.99. The molecule has 1 heterocycles. The lowest BCUT2D eigenvalue weighted by Crippen LogP contribution is -2.59. The molecule has 0 bridgehead atoms. The predicted molar refractivity (Wildman–Crippen MR) is 217 cm³/mol. The Balaban J connectivity index is 3.07. The standard InChI is InChI=1S/C36H63N13O12/c1-18(2)12-22(45-27(53)14-41-25(51)13-37)32(57)48-29(19(3)4)34(59)49-11-7-9-24(49)33(58)47-21(8-6-10-40-36(38)39)30(55)42-16-28(54)46-23(17-50)31(56)43-15-26(52)44-20(5)35(60)61/h18-24,29,50H,6-17,37H2,1-5H3,(H,41,51)(H,42,55)(H,43,56)(H,44,52)(H,45,53)(H,46,54)(H,47,58)(H,48,57)(H,60,61)(H4,38,39,40)/t20-,21-,22-,23-,24-,29-/m0/s1. The van der Waals surface area contributed by atoms with Crippen molar-refractivity contribution in [1.82, 2.24) is 47.4 Å². The summed E-state index contributed by atoms with van der Waals surface area (Å²) in [6.45, 7) is 5.47. The molecule has 0 unspecified atom stereocenters. The summed E-state index contributed by atoms with van der Waals surface area (Å²) in [6, 6.07) is -7.30. The van der Waals surface area contributed by atoms with Crippen LogP contribution >= 0.6 is 0 Å². The number of nitrogens with zero attached hydrogens (tertiary/aromatic N) is 2. The summed E-state index contributed by atoms with van der Waals surface area (Å²) in [5.74, 6) is -8.75. The number of nitrogens with two attached hydrogens (primary N) is 3. The fourth-order valence-corrected chi connectivity index (χ4v) is 5.86. The molecule has 61 heavy (non-hydrogen) atoms. The molecular weight excluding hydrogens is 806 g/mol. The van der Waals surface area contributed by atoms with E-state index in [0.717, 1.165) is 0 Å². The van der Waals surface area contributed by atoms with E-state index in [9.17, 15) is 53.1 Å². The Hall–Kier alpha value is -6.11. The zero-order chi connectivity index (χ0) is 46.4. The van der Waals surface area contributed by atoms with Crippen molar-refractivity contribution in [1.29, 1.82) is 0 Å². The second-order valence-corrected chi connectivity index (χ2v) is 15.0. The molecule has 25 nitrogen and oxygen atoms in total. The lowest BCUT2D eigenvalue weighted by Gasteiger charge is -2.32. The number of rotatable bonds is 26. The van der Waals surface area contributed by atoms with Crippen LogP contribution in [0.4, 0.5) is 0 Å². The highest BCUT2D eigenvalue weighted by Crippen LogP contribution is 2.21. The molecule has 0 aromatic carbocycles. The molecule has 0 aliphatic carbocycles. The van der Waals surface area contributed by atoms with Crippen LogP contribution in [0.5, 0.6) is 0 Å². The number of hydrogen-bond acceptors (Lipinski definition) is 13. The van der Waals surface area contributed by atoms with E-state index in [4.69, 9.17) is 22.3 Å². The van der Waals surface area contributed by atoms with Crippen LogP contribution in [0.2, 0.25) is 0 Å². The second kappa shape index (κ2) is 26.9. The van der Waals surface area contributed by atoms with Gasteiger partial charge in [-0.2, -0.15) is 0 Å². The van der Waals surface area contributed by atoms with Gasteiger partial charge < -0.3 is 74.8 Å². The fraction of sp³-hybridized carbons (Fsp3) is 0.694. The van der Waals surface area contributed by atoms with Crippen molar-refractivity contribution in [2.45, 2.75) is 103 Å². The van der Waals surface area contributed by atoms with Crippen LogP contribution in [0.15, 0.2) is 4.99 Å². The summed E-state index contributed by atoms with van der Waals surface area (Å²) in [5.41, 5.74) is 16.1. The van der Waals surface area contributed by atoms with Crippen molar-refractivity contribution >= 4 is 65.1 Å². The molecule has 1 saturated heterocycles. The first-order valence-corrected chi connectivity index (χ1v) is 19.8. The molecule has 1 aliphatic rings. The number of amides is 9. The highest BCUT2D eigenvalue weighted by molar-refractivity contribution is 5.97. The maximum Gasteiger partial charge on any atom is 0.325 e. The van der Waals surface area contributed by atoms with Crippen LogP contribution in [0, 0.1) is 11.8 Å². The van der Waals surface area contributed by atoms with Crippen molar-refractivity contribution in [2.24, 2.45) is 34.0 Å². The van der Waals surface area contributed by atoms with Gasteiger partial charge in [0.05, 0.1) is 32.8 Å². The Morgan fingerprint density at radius 1 is 0.721 bits per heavy atom. The number of likely N-dealkylation sites (tertiary alicyclic amines) is 1. The molecule has 0 aromatic heterocycles. The number of nitrogens with one attached hydrogen (secondary N) is 8. The molecule has 1 aliphatic heterocycles. The van der Waals surface area contributed by atoms with Crippen molar-refractivity contribution in [3.8, 4) is 0 Å². The minimum absolute atomic E-state index is 0.0234. The molecule has 1 rings (SSSR count). The number of guanidine groups is 1. The van der Waals surface area contributed by atoms with Gasteiger partial charge in [0.15, 0.2) is 5.96 Å². The molecule has 16 N–H and O–H groups in total. The molecule has 0 spiro atoms. The topological polar surface area (TPSA) is 401 Å². The zero-order valence-corrected chi connectivity index (χ0v) is 35.2. The number of carbonyl (C=O) groups excluding carboxylic acids is 9. The molecule has 344 valence electrons. The smallest absolute Gasteiger partial charge is 0.325 e. The van der Waals surface area contributed by atoms with Gasteiger partial charge in [-0.25, -0.2) is 0 Å². The summed E-state index contributed by atoms with van der Waals surface area (Å²) in [7, 11) is 0. The van der Waals surface area contributed by atoms with Gasteiger partial charge in [0.25, 0.3) is 0 Å². The Kier molecular flexibility index (Phi) is 23.3. The monoisotopic (exact) mass is 869 g/mol. The third-order valence-electron chi connectivity index (χ3n) is 9.07. The minimum Gasteiger partial charge on any atom is -0.480 e. The second-order valence-electron chi connectivity index (χ2n) is 15.0. The number of carboxylic acids is 1. The van der Waals surface area contributed by atoms with Gasteiger partial charge in [-0.3, -0.25) is 52.9 Å². The quantitative estimate of drug-likeness (QED) is 0.0218. The van der Waals surface area contributed by atoms with Gasteiger partial charge in [-0.1, -0.05) is 27.7 Å². The molecule has 6 atom stereocenters. The van der Waals surface area contributed by atoms with Crippen LogP contribution in [0.25, 0.3) is 0 Å². The van der Waals surface area contributed by atoms with Gasteiger partial charge in [-0.05, 0) is 50.9 Å². The van der Waals surface area contributed by atoms with E-state index in [0.29, 0.717) is 6.42 Å². The Bertz CT molecular complexity index is 1600. The van der Waals surface area contributed by atoms with E-state index >= 15 is 0 Å². The summed E-state index contributed by atoms with van der Waals surface area (Å²) >= 11 is 0. The van der Waals surface area contributed by atoms with Crippen LogP contribution < -0.4 is 59.7 Å². The van der Waals surface area contributed by atoms with Gasteiger partial charge in [-0.15, -0.1) is 0 Å². The van der Waals surface area contributed by atoms with E-state index in [2.05, 4.69) is 47.5 Å². The number of carbonyl (C=O) groups is 10. The number of aliphatic hydroxyl groups excluding tert-OH is 1. The average Bonchev–Trinajstić information content (AvgIpc) is 3.69. The Morgan fingerprint density at radius 3 is 1.80 bits per heavy atom. The third-order valence-corrected chi connectivity index (χ3v) is 9.07. The molecule has 1 fully saturated rings. The molecule has 9 amide bonds. The summed E-state index contributed by atoms with van der Waals surface area (Å²) < 4.78 is 0. The highest BCUT2D eigenvalue weighted by Gasteiger charge is 2.40.